The molecule has 0 saturated carbocycles. The molecule has 1 fully saturated rings. The molecule has 5 nitrogen and oxygen atoms in total. The van der Waals surface area contributed by atoms with Crippen molar-refractivity contribution in [1.82, 2.24) is 9.47 Å². The Bertz CT molecular complexity index is 552. The van der Waals surface area contributed by atoms with Crippen LogP contribution >= 0.6 is 0 Å². The summed E-state index contributed by atoms with van der Waals surface area (Å²) in [6, 6.07) is 3.17. The fraction of sp³-hybridized carbons (Fsp3) is 0.600. The normalized spacial score (nSPS) is 26.6. The first-order valence-corrected chi connectivity index (χ1v) is 7.14. The van der Waals surface area contributed by atoms with E-state index in [0.717, 1.165) is 13.0 Å². The van der Waals surface area contributed by atoms with E-state index < -0.39 is 0 Å². The highest BCUT2D eigenvalue weighted by atomic mass is 16.2. The van der Waals surface area contributed by atoms with Crippen molar-refractivity contribution >= 4 is 11.6 Å². The Labute approximate surface area is 119 Å². The number of hydrogen-bond acceptors (Lipinski definition) is 3. The predicted octanol–water partition coefficient (Wildman–Crippen LogP) is 1.32. The largest absolute Gasteiger partial charge is 0.398 e. The van der Waals surface area contributed by atoms with Crippen LogP contribution in [0.15, 0.2) is 23.1 Å². The summed E-state index contributed by atoms with van der Waals surface area (Å²) in [6.07, 6.45) is 2.67. The second-order valence-corrected chi connectivity index (χ2v) is 6.03. The Hall–Kier alpha value is -1.78. The minimum absolute atomic E-state index is 0.0106. The van der Waals surface area contributed by atoms with E-state index in [2.05, 4.69) is 20.8 Å². The third kappa shape index (κ3) is 3.03. The Kier molecular flexibility index (Phi) is 4.16. The average Bonchev–Trinajstić information content (AvgIpc) is 2.38. The average molecular weight is 277 g/mol. The van der Waals surface area contributed by atoms with Gasteiger partial charge in [-0.2, -0.15) is 0 Å². The van der Waals surface area contributed by atoms with Crippen LogP contribution in [0.2, 0.25) is 0 Å². The number of anilines is 1. The van der Waals surface area contributed by atoms with Crippen LogP contribution in [0.5, 0.6) is 0 Å². The molecular weight excluding hydrogens is 254 g/mol. The molecule has 0 aromatic carbocycles. The smallest absolute Gasteiger partial charge is 0.251 e. The number of amides is 1. The summed E-state index contributed by atoms with van der Waals surface area (Å²) in [5, 5.41) is 0. The van der Waals surface area contributed by atoms with Crippen molar-refractivity contribution in [2.24, 2.45) is 11.8 Å². The zero-order valence-corrected chi connectivity index (χ0v) is 12.4. The molecule has 0 radical (unpaired) electrons. The molecule has 0 aliphatic carbocycles. The summed E-state index contributed by atoms with van der Waals surface area (Å²) in [7, 11) is 0. The first kappa shape index (κ1) is 14.6. The van der Waals surface area contributed by atoms with Crippen molar-refractivity contribution < 1.29 is 4.79 Å². The van der Waals surface area contributed by atoms with E-state index in [0.29, 0.717) is 17.5 Å². The number of carbonyl (C=O) groups is 1. The number of hydrogen-bond donors (Lipinski definition) is 1. The van der Waals surface area contributed by atoms with Crippen molar-refractivity contribution in [3.63, 3.8) is 0 Å². The molecule has 1 aromatic heterocycles. The number of aromatic nitrogens is 1. The van der Waals surface area contributed by atoms with E-state index in [-0.39, 0.29) is 24.1 Å². The Morgan fingerprint density at radius 3 is 2.75 bits per heavy atom. The SMILES string of the molecule is CC1CC(C)C(C)N(C(=O)Cn2cc(N)ccc2=O)C1. The van der Waals surface area contributed by atoms with E-state index >= 15 is 0 Å². The lowest BCUT2D eigenvalue weighted by molar-refractivity contribution is -0.137. The summed E-state index contributed by atoms with van der Waals surface area (Å²) in [4.78, 5) is 26.1. The number of rotatable bonds is 2. The lowest BCUT2D eigenvalue weighted by atomic mass is 9.86. The Morgan fingerprint density at radius 1 is 1.35 bits per heavy atom. The summed E-state index contributed by atoms with van der Waals surface area (Å²) in [5.74, 6) is 0.978. The van der Waals surface area contributed by atoms with Crippen LogP contribution < -0.4 is 11.3 Å². The number of pyridine rings is 1. The first-order valence-electron chi connectivity index (χ1n) is 7.14. The van der Waals surface area contributed by atoms with Crippen molar-refractivity contribution in [2.75, 3.05) is 12.3 Å². The molecule has 0 bridgehead atoms. The highest BCUT2D eigenvalue weighted by molar-refractivity contribution is 5.76. The molecule has 3 atom stereocenters. The van der Waals surface area contributed by atoms with Crippen LogP contribution in [0.25, 0.3) is 0 Å². The van der Waals surface area contributed by atoms with Gasteiger partial charge in [0, 0.05) is 30.5 Å². The third-order valence-electron chi connectivity index (χ3n) is 4.23. The molecule has 1 aromatic rings. The van der Waals surface area contributed by atoms with Gasteiger partial charge in [-0.3, -0.25) is 9.59 Å². The zero-order chi connectivity index (χ0) is 14.9. The van der Waals surface area contributed by atoms with Crippen LogP contribution in [0.1, 0.15) is 27.2 Å². The number of nitrogens with zero attached hydrogens (tertiary/aromatic N) is 2. The van der Waals surface area contributed by atoms with Gasteiger partial charge in [0.1, 0.15) is 6.54 Å². The van der Waals surface area contributed by atoms with Gasteiger partial charge in [0.05, 0.1) is 0 Å². The van der Waals surface area contributed by atoms with Gasteiger partial charge in [-0.25, -0.2) is 0 Å². The molecule has 1 saturated heterocycles. The number of carbonyl (C=O) groups excluding carboxylic acids is 1. The highest BCUT2D eigenvalue weighted by Crippen LogP contribution is 2.26. The number of nitrogen functional groups attached to an aromatic ring is 1. The molecule has 1 amide bonds. The lowest BCUT2D eigenvalue weighted by Crippen LogP contribution is -2.50. The summed E-state index contributed by atoms with van der Waals surface area (Å²) < 4.78 is 1.38. The quantitative estimate of drug-likeness (QED) is 0.886. The van der Waals surface area contributed by atoms with E-state index in [9.17, 15) is 9.59 Å². The third-order valence-corrected chi connectivity index (χ3v) is 4.23. The summed E-state index contributed by atoms with van der Waals surface area (Å²) >= 11 is 0. The fourth-order valence-corrected chi connectivity index (χ4v) is 2.95. The van der Waals surface area contributed by atoms with E-state index in [1.807, 2.05) is 4.90 Å². The van der Waals surface area contributed by atoms with Gasteiger partial charge >= 0.3 is 0 Å². The molecule has 1 aliphatic rings. The summed E-state index contributed by atoms with van der Waals surface area (Å²) in [5.41, 5.74) is 5.96. The summed E-state index contributed by atoms with van der Waals surface area (Å²) in [6.45, 7) is 7.24. The molecule has 110 valence electrons. The van der Waals surface area contributed by atoms with E-state index in [4.69, 9.17) is 5.73 Å². The minimum atomic E-state index is -0.196. The van der Waals surface area contributed by atoms with Crippen molar-refractivity contribution in [1.29, 1.82) is 0 Å². The first-order chi connectivity index (χ1) is 9.38. The maximum atomic E-state index is 12.5. The van der Waals surface area contributed by atoms with Crippen LogP contribution in [0, 0.1) is 11.8 Å². The van der Waals surface area contributed by atoms with Crippen molar-refractivity contribution in [2.45, 2.75) is 39.8 Å². The van der Waals surface area contributed by atoms with Gasteiger partial charge in [-0.05, 0) is 31.2 Å². The number of nitrogens with two attached hydrogens (primary N) is 1. The maximum absolute atomic E-state index is 12.5. The molecule has 3 unspecified atom stereocenters. The lowest BCUT2D eigenvalue weighted by Gasteiger charge is -2.41. The van der Waals surface area contributed by atoms with E-state index in [1.165, 1.54) is 16.8 Å². The van der Waals surface area contributed by atoms with Crippen LogP contribution in [-0.4, -0.2) is 28.0 Å². The molecule has 20 heavy (non-hydrogen) atoms. The van der Waals surface area contributed by atoms with Gasteiger partial charge in [-0.1, -0.05) is 13.8 Å². The zero-order valence-electron chi connectivity index (χ0n) is 12.4. The standard InChI is InChI=1S/C15H23N3O2/c1-10-6-11(2)12(3)18(7-10)15(20)9-17-8-13(16)4-5-14(17)19/h4-5,8,10-12H,6-7,9,16H2,1-3H3. The molecule has 2 N–H and O–H groups in total. The van der Waals surface area contributed by atoms with Gasteiger partial charge in [0.2, 0.25) is 5.91 Å². The highest BCUT2D eigenvalue weighted by Gasteiger charge is 2.31. The Morgan fingerprint density at radius 2 is 2.05 bits per heavy atom. The molecular formula is C15H23N3O2. The number of piperidine rings is 1. The van der Waals surface area contributed by atoms with Gasteiger partial charge in [0.25, 0.3) is 5.56 Å². The minimum Gasteiger partial charge on any atom is -0.398 e. The number of likely N-dealkylation sites (tertiary alicyclic amines) is 1. The predicted molar refractivity (Wildman–Crippen MR) is 79.2 cm³/mol. The molecule has 5 heteroatoms. The van der Waals surface area contributed by atoms with Crippen molar-refractivity contribution in [3.8, 4) is 0 Å². The Balaban J connectivity index is 2.15. The van der Waals surface area contributed by atoms with Gasteiger partial charge in [0.15, 0.2) is 0 Å². The molecule has 0 spiro atoms. The maximum Gasteiger partial charge on any atom is 0.251 e. The monoisotopic (exact) mass is 277 g/mol. The van der Waals surface area contributed by atoms with Gasteiger partial charge in [-0.15, -0.1) is 0 Å². The second-order valence-electron chi connectivity index (χ2n) is 6.03. The molecule has 2 rings (SSSR count). The van der Waals surface area contributed by atoms with E-state index in [1.54, 1.807) is 6.07 Å². The van der Waals surface area contributed by atoms with Crippen LogP contribution in [0.4, 0.5) is 5.69 Å². The second kappa shape index (κ2) is 5.69. The fourth-order valence-electron chi connectivity index (χ4n) is 2.95. The topological polar surface area (TPSA) is 68.3 Å². The van der Waals surface area contributed by atoms with Crippen LogP contribution in [0.3, 0.4) is 0 Å². The van der Waals surface area contributed by atoms with Crippen molar-refractivity contribution in [3.05, 3.63) is 28.7 Å². The van der Waals surface area contributed by atoms with Crippen LogP contribution in [-0.2, 0) is 11.3 Å². The van der Waals surface area contributed by atoms with Gasteiger partial charge < -0.3 is 15.2 Å². The molecule has 1 aliphatic heterocycles. The molecule has 2 heterocycles.